The molecule has 27 heavy (non-hydrogen) atoms. The average molecular weight is 370 g/mol. The van der Waals surface area contributed by atoms with Crippen molar-refractivity contribution in [3.8, 4) is 5.75 Å². The molecule has 2 heterocycles. The van der Waals surface area contributed by atoms with Crippen molar-refractivity contribution < 1.29 is 14.3 Å². The van der Waals surface area contributed by atoms with E-state index in [0.29, 0.717) is 37.0 Å². The summed E-state index contributed by atoms with van der Waals surface area (Å²) < 4.78 is 13.0. The zero-order valence-electron chi connectivity index (χ0n) is 16.3. The standard InChI is InChI=1S/C20H26N4O3/c1-5-10-15-17(19(25)27-7-3)18(24-20(22-15)21-13(4)23-24)14-11-8-9-12-16(14)26-6-2/h8-9,11-12,18H,5-7,10H2,1-4H3,(H,21,22,23)/t18-/m1/s1. The molecule has 3 rings (SSSR count). The molecule has 0 spiro atoms. The van der Waals surface area contributed by atoms with Crippen LogP contribution in [0.1, 0.15) is 51.0 Å². The fraction of sp³-hybridized carbons (Fsp3) is 0.450. The maximum atomic E-state index is 12.9. The fourth-order valence-corrected chi connectivity index (χ4v) is 3.36. The number of nitrogens with one attached hydrogen (secondary N) is 1. The van der Waals surface area contributed by atoms with Crippen LogP contribution in [0, 0.1) is 6.92 Å². The Bertz CT molecular complexity index is 857. The number of nitrogens with zero attached hydrogens (tertiary/aromatic N) is 3. The summed E-state index contributed by atoms with van der Waals surface area (Å²) in [5.41, 5.74) is 2.25. The molecular formula is C20H26N4O3. The summed E-state index contributed by atoms with van der Waals surface area (Å²) in [5, 5.41) is 7.83. The highest BCUT2D eigenvalue weighted by molar-refractivity contribution is 5.92. The number of anilines is 1. The summed E-state index contributed by atoms with van der Waals surface area (Å²) in [6, 6.07) is 7.28. The van der Waals surface area contributed by atoms with Crippen molar-refractivity contribution in [1.29, 1.82) is 0 Å². The Morgan fingerprint density at radius 1 is 1.22 bits per heavy atom. The molecule has 0 saturated carbocycles. The van der Waals surface area contributed by atoms with Crippen LogP contribution in [-0.2, 0) is 9.53 Å². The Morgan fingerprint density at radius 2 is 2.00 bits per heavy atom. The molecule has 2 aromatic rings. The van der Waals surface area contributed by atoms with E-state index >= 15 is 0 Å². The summed E-state index contributed by atoms with van der Waals surface area (Å²) in [5.74, 6) is 1.64. The first-order valence-electron chi connectivity index (χ1n) is 9.42. The minimum Gasteiger partial charge on any atom is -0.494 e. The lowest BCUT2D eigenvalue weighted by atomic mass is 9.93. The zero-order valence-corrected chi connectivity index (χ0v) is 16.3. The number of hydrogen-bond donors (Lipinski definition) is 1. The van der Waals surface area contributed by atoms with E-state index in [2.05, 4.69) is 22.3 Å². The SMILES string of the molecule is CCCC1=C(C(=O)OCC)[C@@H](c2ccccc2OCC)n2nc(C)nc2N1. The highest BCUT2D eigenvalue weighted by atomic mass is 16.5. The van der Waals surface area contributed by atoms with Crippen molar-refractivity contribution in [2.45, 2.75) is 46.6 Å². The van der Waals surface area contributed by atoms with Gasteiger partial charge in [0, 0.05) is 11.3 Å². The van der Waals surface area contributed by atoms with Crippen molar-refractivity contribution in [2.75, 3.05) is 18.5 Å². The van der Waals surface area contributed by atoms with Crippen LogP contribution < -0.4 is 10.1 Å². The molecule has 0 amide bonds. The van der Waals surface area contributed by atoms with E-state index < -0.39 is 6.04 Å². The van der Waals surface area contributed by atoms with Crippen LogP contribution >= 0.6 is 0 Å². The van der Waals surface area contributed by atoms with E-state index in [1.807, 2.05) is 45.0 Å². The van der Waals surface area contributed by atoms with Crippen molar-refractivity contribution in [2.24, 2.45) is 0 Å². The molecule has 0 bridgehead atoms. The molecule has 1 N–H and O–H groups in total. The van der Waals surface area contributed by atoms with Crippen molar-refractivity contribution in [3.63, 3.8) is 0 Å². The molecule has 0 radical (unpaired) electrons. The number of fused-ring (bicyclic) bond motifs is 1. The lowest BCUT2D eigenvalue weighted by Crippen LogP contribution is -2.30. The summed E-state index contributed by atoms with van der Waals surface area (Å²) in [6.45, 7) is 8.50. The van der Waals surface area contributed by atoms with Gasteiger partial charge in [0.1, 0.15) is 17.6 Å². The molecule has 7 heteroatoms. The van der Waals surface area contributed by atoms with Crippen LogP contribution in [0.25, 0.3) is 0 Å². The number of benzene rings is 1. The van der Waals surface area contributed by atoms with E-state index in [1.165, 1.54) is 0 Å². The van der Waals surface area contributed by atoms with Gasteiger partial charge in [0.05, 0.1) is 18.8 Å². The second-order valence-electron chi connectivity index (χ2n) is 6.29. The number of esters is 1. The number of aryl methyl sites for hydroxylation is 1. The van der Waals surface area contributed by atoms with Gasteiger partial charge in [-0.15, -0.1) is 0 Å². The molecule has 0 fully saturated rings. The van der Waals surface area contributed by atoms with Crippen LogP contribution in [0.3, 0.4) is 0 Å². The number of ether oxygens (including phenoxy) is 2. The first-order valence-corrected chi connectivity index (χ1v) is 9.42. The van der Waals surface area contributed by atoms with Gasteiger partial charge in [-0.2, -0.15) is 10.1 Å². The van der Waals surface area contributed by atoms with Crippen molar-refractivity contribution in [1.82, 2.24) is 14.8 Å². The molecule has 7 nitrogen and oxygen atoms in total. The number of carbonyl (C=O) groups excluding carboxylic acids is 1. The molecular weight excluding hydrogens is 344 g/mol. The third-order valence-electron chi connectivity index (χ3n) is 4.35. The van der Waals surface area contributed by atoms with Crippen LogP contribution in [0.2, 0.25) is 0 Å². The lowest BCUT2D eigenvalue weighted by Gasteiger charge is -2.30. The Labute approximate surface area is 159 Å². The molecule has 1 aliphatic rings. The largest absolute Gasteiger partial charge is 0.494 e. The van der Waals surface area contributed by atoms with Gasteiger partial charge in [-0.3, -0.25) is 0 Å². The van der Waals surface area contributed by atoms with Crippen LogP contribution in [-0.4, -0.2) is 33.9 Å². The summed E-state index contributed by atoms with van der Waals surface area (Å²) in [4.78, 5) is 17.4. The van der Waals surface area contributed by atoms with Crippen molar-refractivity contribution >= 4 is 11.9 Å². The predicted molar refractivity (Wildman–Crippen MR) is 103 cm³/mol. The number of carbonyl (C=O) groups is 1. The zero-order chi connectivity index (χ0) is 19.4. The smallest absolute Gasteiger partial charge is 0.338 e. The summed E-state index contributed by atoms with van der Waals surface area (Å²) in [6.07, 6.45) is 1.60. The van der Waals surface area contributed by atoms with Gasteiger partial charge in [-0.05, 0) is 33.3 Å². The van der Waals surface area contributed by atoms with Gasteiger partial charge in [0.2, 0.25) is 5.95 Å². The third-order valence-corrected chi connectivity index (χ3v) is 4.35. The van der Waals surface area contributed by atoms with Gasteiger partial charge >= 0.3 is 5.97 Å². The average Bonchev–Trinajstić information content (AvgIpc) is 3.02. The molecule has 0 unspecified atom stereocenters. The first kappa shape index (κ1) is 18.9. The minimum atomic E-state index is -0.453. The molecule has 0 saturated heterocycles. The quantitative estimate of drug-likeness (QED) is 0.750. The van der Waals surface area contributed by atoms with Gasteiger partial charge in [0.25, 0.3) is 0 Å². The maximum absolute atomic E-state index is 12.9. The van der Waals surface area contributed by atoms with E-state index in [1.54, 1.807) is 4.68 Å². The number of allylic oxidation sites excluding steroid dienone is 1. The number of para-hydroxylation sites is 1. The van der Waals surface area contributed by atoms with E-state index in [9.17, 15) is 4.79 Å². The van der Waals surface area contributed by atoms with Gasteiger partial charge in [-0.1, -0.05) is 31.5 Å². The van der Waals surface area contributed by atoms with E-state index in [-0.39, 0.29) is 5.97 Å². The Balaban J connectivity index is 2.23. The summed E-state index contributed by atoms with van der Waals surface area (Å²) >= 11 is 0. The Morgan fingerprint density at radius 3 is 2.70 bits per heavy atom. The van der Waals surface area contributed by atoms with Crippen LogP contribution in [0.4, 0.5) is 5.95 Å². The molecule has 1 aromatic heterocycles. The normalized spacial score (nSPS) is 15.9. The van der Waals surface area contributed by atoms with Crippen molar-refractivity contribution in [3.05, 3.63) is 46.9 Å². The molecule has 1 aliphatic heterocycles. The topological polar surface area (TPSA) is 78.3 Å². The van der Waals surface area contributed by atoms with Gasteiger partial charge in [-0.25, -0.2) is 9.48 Å². The number of rotatable bonds is 7. The monoisotopic (exact) mass is 370 g/mol. The molecule has 144 valence electrons. The predicted octanol–water partition coefficient (Wildman–Crippen LogP) is 3.62. The van der Waals surface area contributed by atoms with Gasteiger partial charge in [0.15, 0.2) is 0 Å². The Hall–Kier alpha value is -2.83. The second kappa shape index (κ2) is 8.24. The maximum Gasteiger partial charge on any atom is 0.338 e. The van der Waals surface area contributed by atoms with Gasteiger partial charge < -0.3 is 14.8 Å². The summed E-state index contributed by atoms with van der Waals surface area (Å²) in [7, 11) is 0. The van der Waals surface area contributed by atoms with E-state index in [4.69, 9.17) is 9.47 Å². The molecule has 0 aliphatic carbocycles. The highest BCUT2D eigenvalue weighted by Crippen LogP contribution is 2.40. The second-order valence-corrected chi connectivity index (χ2v) is 6.29. The highest BCUT2D eigenvalue weighted by Gasteiger charge is 2.37. The third kappa shape index (κ3) is 3.67. The van der Waals surface area contributed by atoms with Crippen LogP contribution in [0.15, 0.2) is 35.5 Å². The first-order chi connectivity index (χ1) is 13.1. The molecule has 1 atom stereocenters. The molecule has 1 aromatic carbocycles. The van der Waals surface area contributed by atoms with E-state index in [0.717, 1.165) is 23.4 Å². The van der Waals surface area contributed by atoms with Crippen LogP contribution in [0.5, 0.6) is 5.75 Å². The minimum absolute atomic E-state index is 0.310. The number of hydrogen-bond acceptors (Lipinski definition) is 6. The Kier molecular flexibility index (Phi) is 5.78. The fourth-order valence-electron chi connectivity index (χ4n) is 3.36. The number of aromatic nitrogens is 3. The lowest BCUT2D eigenvalue weighted by molar-refractivity contribution is -0.139.